The summed E-state index contributed by atoms with van der Waals surface area (Å²) in [5.41, 5.74) is 19.6. The maximum absolute atomic E-state index is 14.9. The summed E-state index contributed by atoms with van der Waals surface area (Å²) in [6.07, 6.45) is 26.3. The predicted octanol–water partition coefficient (Wildman–Crippen LogP) is 27.2. The van der Waals surface area contributed by atoms with E-state index >= 15 is 0 Å². The van der Waals surface area contributed by atoms with Gasteiger partial charge in [-0.2, -0.15) is 14.0 Å². The van der Waals surface area contributed by atoms with E-state index in [9.17, 15) is 20.1 Å². The van der Waals surface area contributed by atoms with E-state index in [0.29, 0.717) is 55.6 Å². The number of hydrogen-bond donors (Lipinski definition) is 0. The van der Waals surface area contributed by atoms with Crippen molar-refractivity contribution in [3.8, 4) is 31.6 Å². The smallest absolute Gasteiger partial charge is 0.270 e. The van der Waals surface area contributed by atoms with Crippen LogP contribution in [0.4, 0.5) is 0 Å². The van der Waals surface area contributed by atoms with Crippen LogP contribution in [-0.2, 0) is 36.5 Å². The summed E-state index contributed by atoms with van der Waals surface area (Å²) >= 11 is 8.03. The molecule has 6 heterocycles. The summed E-state index contributed by atoms with van der Waals surface area (Å²) < 4.78 is 19.2. The topological polar surface area (TPSA) is 151 Å². The third kappa shape index (κ3) is 11.9. The average molecular weight is 1570 g/mol. The van der Waals surface area contributed by atoms with Gasteiger partial charge < -0.3 is 0 Å². The van der Waals surface area contributed by atoms with Crippen LogP contribution in [0.25, 0.3) is 101 Å². The molecule has 4 aliphatic rings. The van der Waals surface area contributed by atoms with Crippen LogP contribution in [0.15, 0.2) is 185 Å². The number of unbranched alkanes of at least 4 members (excludes halogenated alkanes) is 12. The number of aromatic nitrogens is 4. The fourth-order valence-corrected chi connectivity index (χ4v) is 24.8. The minimum Gasteiger partial charge on any atom is -0.289 e. The monoisotopic (exact) mass is 1570 g/mol. The molecule has 0 bridgehead atoms. The number of nitriles is 2. The van der Waals surface area contributed by atoms with E-state index in [4.69, 9.17) is 30.3 Å². The lowest BCUT2D eigenvalue weighted by atomic mass is 9.66. The van der Waals surface area contributed by atoms with Gasteiger partial charge in [-0.15, -0.1) is 45.3 Å². The van der Waals surface area contributed by atoms with Crippen molar-refractivity contribution < 1.29 is 14.2 Å². The quantitative estimate of drug-likeness (QED) is 0.0223. The van der Waals surface area contributed by atoms with E-state index in [-0.39, 0.29) is 17.3 Å². The van der Waals surface area contributed by atoms with E-state index in [0.717, 1.165) is 211 Å². The summed E-state index contributed by atoms with van der Waals surface area (Å²) in [4.78, 5) is 39.6. The van der Waals surface area contributed by atoms with Crippen molar-refractivity contribution in [1.82, 2.24) is 19.1 Å². The van der Waals surface area contributed by atoms with Gasteiger partial charge in [0.1, 0.15) is 16.6 Å². The number of Topliss-reactive ketones (excluding diaryl/α,β-unsaturated/α-hetero) is 2. The number of allylic oxidation sites excluding steroid dienone is 6. The average Bonchev–Trinajstić information content (AvgIpc) is 1.49. The second-order valence-corrected chi connectivity index (χ2v) is 35.7. The minimum absolute atomic E-state index is 0.0922. The summed E-state index contributed by atoms with van der Waals surface area (Å²) in [7, 11) is 0. The van der Waals surface area contributed by atoms with Gasteiger partial charge in [0.2, 0.25) is 0 Å². The fourth-order valence-electron chi connectivity index (χ4n) is 18.8. The highest BCUT2D eigenvalue weighted by atomic mass is 32.1. The lowest BCUT2D eigenvalue weighted by molar-refractivity contribution is 0.103. The number of nitrogens with zero attached hydrogens (tertiary/aromatic N) is 7. The SMILES string of the molecule is [C-]#[N+]/C(C#N)=C1/C(=C/c2cc3c(s2)-c2sc4c5nonc5c5c6c7c(sc6c6nsnc6c5c4c2C3(c2ccc(CCCCCC)cc2)c2ccc(CCCCCC)cc2)-c2sc(/C=C3\C(=O)c4ccccc4\C3=C(/C)C#N)cc2C7(c2ccc(CCCCCC)cc2)c2ccc(CCCCCC)cc2)C(=O)c2ccccc21. The number of aryl methyl sites for hydroxylation is 4. The summed E-state index contributed by atoms with van der Waals surface area (Å²) in [5.74, 6) is -0.310. The number of ketones is 2. The maximum atomic E-state index is 14.9. The number of rotatable bonds is 26. The van der Waals surface area contributed by atoms with Crippen LogP contribution >= 0.6 is 57.1 Å². The standard InChI is InChI=1S/C98H83N7O3S5/c1-7-11-15-19-27-58-35-43-62(44-36-58)97(63-45-37-59(38-46-63)28-20-16-12-8-2)74-53-66(51-72-77(57(5)55-99)68-31-23-25-33-70(68)89(72)106)109-92(74)96-83(97)81-79-80(86-88(94(81)112-96)105-113-104-86)82-84-95(111-93(82)87-85(79)102-108-103-87)91-75(54-67(110-91)52-73-78(76(56-100)101-6)69-32-24-26-34-71(69)90(73)107)98(84,64-47-39-60(40-48-64)29-21-17-13-9-3)65-49-41-61(42-50-65)30-22-18-14-10-4/h23-26,31-54H,7-22,27-30H2,1-5H3/b72-51-,73-52-,77-57-,78-76+. The second-order valence-electron chi connectivity index (χ2n) is 30.9. The van der Waals surface area contributed by atoms with Crippen LogP contribution in [0, 0.1) is 29.2 Å². The van der Waals surface area contributed by atoms with E-state index in [1.165, 1.54) is 72.5 Å². The van der Waals surface area contributed by atoms with Crippen molar-refractivity contribution in [2.45, 2.75) is 174 Å². The molecule has 6 aromatic heterocycles. The number of hydrogen-bond acceptors (Lipinski definition) is 14. The van der Waals surface area contributed by atoms with Gasteiger partial charge in [0, 0.05) is 70.3 Å². The summed E-state index contributed by atoms with van der Waals surface area (Å²) in [6, 6.07) is 62.1. The van der Waals surface area contributed by atoms with E-state index in [1.54, 1.807) is 51.4 Å². The minimum atomic E-state index is -1.01. The molecule has 8 aromatic carbocycles. The Morgan fingerprint density at radius 3 is 1.23 bits per heavy atom. The van der Waals surface area contributed by atoms with Gasteiger partial charge in [0.05, 0.1) is 70.2 Å². The first-order valence-corrected chi connectivity index (χ1v) is 44.3. The van der Waals surface area contributed by atoms with Gasteiger partial charge in [-0.1, -0.05) is 250 Å². The highest BCUT2D eigenvalue weighted by Gasteiger charge is 2.54. The van der Waals surface area contributed by atoms with Gasteiger partial charge in [-0.05, 0) is 171 Å². The van der Waals surface area contributed by atoms with Crippen LogP contribution in [0.3, 0.4) is 0 Å². The van der Waals surface area contributed by atoms with Crippen molar-refractivity contribution in [2.24, 2.45) is 0 Å². The Kier molecular flexibility index (Phi) is 20.0. The molecule has 0 saturated heterocycles. The molecule has 0 atom stereocenters. The zero-order chi connectivity index (χ0) is 77.2. The zero-order valence-corrected chi connectivity index (χ0v) is 68.3. The zero-order valence-electron chi connectivity index (χ0n) is 64.2. The Morgan fingerprint density at radius 2 is 0.823 bits per heavy atom. The van der Waals surface area contributed by atoms with Gasteiger partial charge in [0.15, 0.2) is 17.1 Å². The van der Waals surface area contributed by atoms with Crippen LogP contribution in [0.5, 0.6) is 0 Å². The fraction of sp³-hybridized carbons (Fsp3) is 0.276. The first-order chi connectivity index (χ1) is 55.5. The molecule has 0 aliphatic heterocycles. The van der Waals surface area contributed by atoms with Crippen molar-refractivity contribution in [3.63, 3.8) is 0 Å². The van der Waals surface area contributed by atoms with E-state index in [2.05, 4.69) is 154 Å². The molecule has 4 aliphatic carbocycles. The van der Waals surface area contributed by atoms with Crippen LogP contribution in [0.1, 0.15) is 246 Å². The third-order valence-corrected chi connectivity index (χ3v) is 29.6. The van der Waals surface area contributed by atoms with Gasteiger partial charge >= 0.3 is 0 Å². The molecule has 10 nitrogen and oxygen atoms in total. The molecule has 0 amide bonds. The molecule has 0 saturated carbocycles. The molecule has 0 N–H and O–H groups in total. The molecule has 558 valence electrons. The Hall–Kier alpha value is -10.7. The Labute approximate surface area is 679 Å². The largest absolute Gasteiger partial charge is 0.289 e. The molecule has 0 radical (unpaired) electrons. The Balaban J connectivity index is 0.957. The van der Waals surface area contributed by atoms with Gasteiger partial charge in [0.25, 0.3) is 5.70 Å². The first-order valence-electron chi connectivity index (χ1n) is 40.3. The molecule has 0 spiro atoms. The normalized spacial score (nSPS) is 15.9. The number of thiophene rings is 4. The molecule has 113 heavy (non-hydrogen) atoms. The molecular formula is C98H83N7O3S5. The van der Waals surface area contributed by atoms with Crippen LogP contribution in [0.2, 0.25) is 0 Å². The highest BCUT2D eigenvalue weighted by molar-refractivity contribution is 7.29. The van der Waals surface area contributed by atoms with Crippen molar-refractivity contribution in [1.29, 1.82) is 10.5 Å². The Bertz CT molecular complexity index is 6330. The van der Waals surface area contributed by atoms with Crippen molar-refractivity contribution >= 4 is 145 Å². The Morgan fingerprint density at radius 1 is 0.442 bits per heavy atom. The van der Waals surface area contributed by atoms with Gasteiger partial charge in [-0.3, -0.25) is 9.59 Å². The van der Waals surface area contributed by atoms with E-state index in [1.807, 2.05) is 61.5 Å². The predicted molar refractivity (Wildman–Crippen MR) is 468 cm³/mol. The summed E-state index contributed by atoms with van der Waals surface area (Å²) in [6.45, 7) is 19.1. The second kappa shape index (κ2) is 30.7. The summed E-state index contributed by atoms with van der Waals surface area (Å²) in [5, 5.41) is 35.3. The highest BCUT2D eigenvalue weighted by Crippen LogP contribution is 2.69. The number of benzene rings is 8. The molecule has 0 fully saturated rings. The number of carbonyl (C=O) groups is 2. The molecule has 14 aromatic rings. The lowest BCUT2D eigenvalue weighted by Crippen LogP contribution is -2.28. The van der Waals surface area contributed by atoms with Crippen LogP contribution < -0.4 is 0 Å². The van der Waals surface area contributed by atoms with Gasteiger partial charge in [-0.25, -0.2) is 14.7 Å². The van der Waals surface area contributed by atoms with Crippen molar-refractivity contribution in [2.75, 3.05) is 0 Å². The third-order valence-electron chi connectivity index (χ3n) is 24.2. The molecule has 18 rings (SSSR count). The van der Waals surface area contributed by atoms with Crippen LogP contribution in [-0.4, -0.2) is 30.6 Å². The first kappa shape index (κ1) is 73.8. The molecular weight excluding hydrogens is 1480 g/mol. The molecule has 15 heteroatoms. The maximum Gasteiger partial charge on any atom is 0.270 e. The number of fused-ring (bicyclic) bond motifs is 21. The van der Waals surface area contributed by atoms with E-state index < -0.39 is 10.8 Å². The molecule has 0 unspecified atom stereocenters. The van der Waals surface area contributed by atoms with Crippen molar-refractivity contribution in [3.05, 3.63) is 290 Å². The lowest BCUT2D eigenvalue weighted by Gasteiger charge is -2.34. The number of carbonyl (C=O) groups excluding carboxylic acids is 2.